The van der Waals surface area contributed by atoms with Crippen molar-refractivity contribution in [2.75, 3.05) is 0 Å². The van der Waals surface area contributed by atoms with E-state index in [4.69, 9.17) is 4.74 Å². The van der Waals surface area contributed by atoms with E-state index >= 15 is 0 Å². The van der Waals surface area contributed by atoms with E-state index in [-0.39, 0.29) is 18.6 Å². The standard InChI is InChI=1S/C14H20N2O3/c1-10(2)16-14(18)19-9-13-6-4-12(5-7-13)8-15-11(3)17/h4-7,10H,8-9H2,1-3H3,(H,15,17)(H,16,18). The highest BCUT2D eigenvalue weighted by Gasteiger charge is 2.04. The minimum absolute atomic E-state index is 0.0576. The summed E-state index contributed by atoms with van der Waals surface area (Å²) in [4.78, 5) is 22.1. The normalized spacial score (nSPS) is 10.1. The van der Waals surface area contributed by atoms with Crippen molar-refractivity contribution < 1.29 is 14.3 Å². The fourth-order valence-electron chi connectivity index (χ4n) is 1.41. The molecule has 5 heteroatoms. The molecule has 0 saturated heterocycles. The Balaban J connectivity index is 2.39. The Morgan fingerprint density at radius 1 is 1.16 bits per heavy atom. The van der Waals surface area contributed by atoms with Crippen LogP contribution in [0.2, 0.25) is 0 Å². The third-order valence-electron chi connectivity index (χ3n) is 2.34. The number of hydrogen-bond acceptors (Lipinski definition) is 3. The Hall–Kier alpha value is -2.04. The van der Waals surface area contributed by atoms with Gasteiger partial charge in [-0.25, -0.2) is 4.79 Å². The van der Waals surface area contributed by atoms with Crippen molar-refractivity contribution in [1.82, 2.24) is 10.6 Å². The highest BCUT2D eigenvalue weighted by Crippen LogP contribution is 2.06. The van der Waals surface area contributed by atoms with Crippen molar-refractivity contribution >= 4 is 12.0 Å². The van der Waals surface area contributed by atoms with E-state index in [1.807, 2.05) is 38.1 Å². The van der Waals surface area contributed by atoms with Crippen molar-refractivity contribution in [3.8, 4) is 0 Å². The molecule has 0 unspecified atom stereocenters. The number of amides is 2. The maximum Gasteiger partial charge on any atom is 0.407 e. The fraction of sp³-hybridized carbons (Fsp3) is 0.429. The summed E-state index contributed by atoms with van der Waals surface area (Å²) in [5, 5.41) is 5.37. The molecule has 0 fully saturated rings. The molecule has 0 spiro atoms. The second-order valence-corrected chi connectivity index (χ2v) is 4.60. The molecular weight excluding hydrogens is 244 g/mol. The molecule has 0 bridgehead atoms. The maximum atomic E-state index is 11.3. The molecule has 1 aromatic rings. The van der Waals surface area contributed by atoms with Crippen LogP contribution in [0.25, 0.3) is 0 Å². The highest BCUT2D eigenvalue weighted by atomic mass is 16.5. The summed E-state index contributed by atoms with van der Waals surface area (Å²) in [6.07, 6.45) is -0.419. The van der Waals surface area contributed by atoms with Crippen LogP contribution in [-0.2, 0) is 22.7 Å². The van der Waals surface area contributed by atoms with E-state index < -0.39 is 6.09 Å². The van der Waals surface area contributed by atoms with Gasteiger partial charge in [-0.1, -0.05) is 24.3 Å². The zero-order chi connectivity index (χ0) is 14.3. The Morgan fingerprint density at radius 3 is 2.26 bits per heavy atom. The van der Waals surface area contributed by atoms with Gasteiger partial charge in [0.15, 0.2) is 0 Å². The lowest BCUT2D eigenvalue weighted by molar-refractivity contribution is -0.119. The van der Waals surface area contributed by atoms with E-state index in [1.165, 1.54) is 6.92 Å². The quantitative estimate of drug-likeness (QED) is 0.854. The molecule has 0 radical (unpaired) electrons. The molecule has 2 N–H and O–H groups in total. The monoisotopic (exact) mass is 264 g/mol. The van der Waals surface area contributed by atoms with Gasteiger partial charge in [-0.2, -0.15) is 0 Å². The highest BCUT2D eigenvalue weighted by molar-refractivity contribution is 5.72. The van der Waals surface area contributed by atoms with Gasteiger partial charge in [0.25, 0.3) is 0 Å². The van der Waals surface area contributed by atoms with Gasteiger partial charge in [-0.05, 0) is 25.0 Å². The lowest BCUT2D eigenvalue weighted by Crippen LogP contribution is -2.30. The summed E-state index contributed by atoms with van der Waals surface area (Å²) >= 11 is 0. The number of hydrogen-bond donors (Lipinski definition) is 2. The van der Waals surface area contributed by atoms with Gasteiger partial charge in [-0.15, -0.1) is 0 Å². The van der Waals surface area contributed by atoms with Crippen LogP contribution in [0, 0.1) is 0 Å². The number of alkyl carbamates (subject to hydrolysis) is 1. The minimum atomic E-state index is -0.419. The van der Waals surface area contributed by atoms with Crippen molar-refractivity contribution in [3.05, 3.63) is 35.4 Å². The zero-order valence-corrected chi connectivity index (χ0v) is 11.5. The predicted molar refractivity (Wildman–Crippen MR) is 72.4 cm³/mol. The SMILES string of the molecule is CC(=O)NCc1ccc(COC(=O)NC(C)C)cc1. The fourth-order valence-corrected chi connectivity index (χ4v) is 1.41. The first kappa shape index (κ1) is 15.0. The van der Waals surface area contributed by atoms with E-state index in [0.717, 1.165) is 11.1 Å². The van der Waals surface area contributed by atoms with Crippen LogP contribution in [0.4, 0.5) is 4.79 Å². The Labute approximate surface area is 113 Å². The second kappa shape index (κ2) is 7.41. The van der Waals surface area contributed by atoms with Gasteiger partial charge in [0, 0.05) is 19.5 Å². The number of ether oxygens (including phenoxy) is 1. The average molecular weight is 264 g/mol. The minimum Gasteiger partial charge on any atom is -0.445 e. The molecule has 1 aromatic carbocycles. The smallest absolute Gasteiger partial charge is 0.407 e. The summed E-state index contributed by atoms with van der Waals surface area (Å²) in [6.45, 7) is 5.97. The van der Waals surface area contributed by atoms with Crippen LogP contribution in [-0.4, -0.2) is 18.0 Å². The average Bonchev–Trinajstić information content (AvgIpc) is 2.34. The molecule has 0 aliphatic carbocycles. The molecule has 0 heterocycles. The Bertz CT molecular complexity index is 427. The van der Waals surface area contributed by atoms with Crippen LogP contribution in [0.5, 0.6) is 0 Å². The first-order chi connectivity index (χ1) is 8.97. The van der Waals surface area contributed by atoms with Crippen molar-refractivity contribution in [2.45, 2.75) is 40.0 Å². The molecule has 104 valence electrons. The van der Waals surface area contributed by atoms with Crippen LogP contribution in [0.15, 0.2) is 24.3 Å². The van der Waals surface area contributed by atoms with E-state index in [1.54, 1.807) is 0 Å². The van der Waals surface area contributed by atoms with E-state index in [9.17, 15) is 9.59 Å². The molecule has 0 aromatic heterocycles. The van der Waals surface area contributed by atoms with Crippen molar-refractivity contribution in [3.63, 3.8) is 0 Å². The number of nitrogens with one attached hydrogen (secondary N) is 2. The van der Waals surface area contributed by atoms with Gasteiger partial charge in [0.2, 0.25) is 5.91 Å². The third kappa shape index (κ3) is 6.45. The van der Waals surface area contributed by atoms with Gasteiger partial charge < -0.3 is 15.4 Å². The van der Waals surface area contributed by atoms with Gasteiger partial charge >= 0.3 is 6.09 Å². The van der Waals surface area contributed by atoms with Gasteiger partial charge in [0.05, 0.1) is 0 Å². The number of carbonyl (C=O) groups excluding carboxylic acids is 2. The summed E-state index contributed by atoms with van der Waals surface area (Å²) in [6, 6.07) is 7.61. The molecule has 0 atom stereocenters. The largest absolute Gasteiger partial charge is 0.445 e. The van der Waals surface area contributed by atoms with Crippen LogP contribution in [0.1, 0.15) is 31.9 Å². The molecular formula is C14H20N2O3. The number of rotatable bonds is 5. The molecule has 1 rings (SSSR count). The molecule has 0 aliphatic heterocycles. The van der Waals surface area contributed by atoms with Crippen LogP contribution in [0.3, 0.4) is 0 Å². The summed E-state index contributed by atoms with van der Waals surface area (Å²) in [7, 11) is 0. The summed E-state index contributed by atoms with van der Waals surface area (Å²) < 4.78 is 5.06. The van der Waals surface area contributed by atoms with Crippen molar-refractivity contribution in [1.29, 1.82) is 0 Å². The Kier molecular flexibility index (Phi) is 5.85. The first-order valence-electron chi connectivity index (χ1n) is 6.23. The lowest BCUT2D eigenvalue weighted by Gasteiger charge is -2.09. The van der Waals surface area contributed by atoms with Gasteiger partial charge in [0.1, 0.15) is 6.61 Å². The lowest BCUT2D eigenvalue weighted by atomic mass is 10.1. The molecule has 5 nitrogen and oxygen atoms in total. The zero-order valence-electron chi connectivity index (χ0n) is 11.5. The van der Waals surface area contributed by atoms with Crippen molar-refractivity contribution in [2.24, 2.45) is 0 Å². The second-order valence-electron chi connectivity index (χ2n) is 4.60. The third-order valence-corrected chi connectivity index (χ3v) is 2.34. The maximum absolute atomic E-state index is 11.3. The first-order valence-corrected chi connectivity index (χ1v) is 6.23. The number of carbonyl (C=O) groups is 2. The topological polar surface area (TPSA) is 67.4 Å². The Morgan fingerprint density at radius 2 is 1.74 bits per heavy atom. The molecule has 0 aliphatic rings. The molecule has 2 amide bonds. The summed E-state index contributed by atoms with van der Waals surface area (Å²) in [5.41, 5.74) is 1.91. The van der Waals surface area contributed by atoms with Gasteiger partial charge in [-0.3, -0.25) is 4.79 Å². The van der Waals surface area contributed by atoms with Crippen LogP contribution >= 0.6 is 0 Å². The predicted octanol–water partition coefficient (Wildman–Crippen LogP) is 1.96. The molecule has 0 saturated carbocycles. The van der Waals surface area contributed by atoms with Crippen LogP contribution < -0.4 is 10.6 Å². The number of benzene rings is 1. The summed E-state index contributed by atoms with van der Waals surface area (Å²) in [5.74, 6) is -0.0576. The van der Waals surface area contributed by atoms with E-state index in [0.29, 0.717) is 6.54 Å². The van der Waals surface area contributed by atoms with E-state index in [2.05, 4.69) is 10.6 Å². The molecule has 19 heavy (non-hydrogen) atoms.